The molecule has 0 saturated carbocycles. The second-order valence-electron chi connectivity index (χ2n) is 3.49. The van der Waals surface area contributed by atoms with Crippen LogP contribution in [-0.2, 0) is 17.8 Å². The van der Waals surface area contributed by atoms with Crippen molar-refractivity contribution in [2.24, 2.45) is 0 Å². The predicted octanol–water partition coefficient (Wildman–Crippen LogP) is 2.26. The van der Waals surface area contributed by atoms with Gasteiger partial charge in [0.2, 0.25) is 5.91 Å². The van der Waals surface area contributed by atoms with Crippen LogP contribution in [0, 0.1) is 0 Å². The smallest absolute Gasteiger partial charge is 0.240 e. The number of rotatable bonds is 1. The molecule has 1 aromatic heterocycles. The minimum absolute atomic E-state index is 0.0449. The summed E-state index contributed by atoms with van der Waals surface area (Å²) in [5, 5.41) is 1.68. The average Bonchev–Trinajstić information content (AvgIpc) is 2.62. The lowest BCUT2D eigenvalue weighted by Crippen LogP contribution is -2.38. The van der Waals surface area contributed by atoms with Gasteiger partial charge >= 0.3 is 0 Å². The summed E-state index contributed by atoms with van der Waals surface area (Å²) in [6.07, 6.45) is 0.975. The Kier molecular flexibility index (Phi) is 2.79. The zero-order valence-corrected chi connectivity index (χ0v) is 9.57. The topological polar surface area (TPSA) is 20.3 Å². The minimum Gasteiger partial charge on any atom is -0.337 e. The number of carbonyl (C=O) groups excluding carboxylic acids is 1. The van der Waals surface area contributed by atoms with Crippen molar-refractivity contribution in [3.8, 4) is 0 Å². The molecule has 1 atom stereocenters. The molecular formula is C10H12ClNOS. The van der Waals surface area contributed by atoms with Crippen LogP contribution >= 0.6 is 22.9 Å². The first-order valence-corrected chi connectivity index (χ1v) is 5.98. The summed E-state index contributed by atoms with van der Waals surface area (Å²) in [6, 6.07) is 2.10. The van der Waals surface area contributed by atoms with E-state index in [4.69, 9.17) is 11.6 Å². The van der Waals surface area contributed by atoms with Crippen molar-refractivity contribution in [1.29, 1.82) is 0 Å². The number of hydrogen-bond donors (Lipinski definition) is 0. The van der Waals surface area contributed by atoms with E-state index in [1.54, 1.807) is 18.3 Å². The van der Waals surface area contributed by atoms with Gasteiger partial charge in [-0.15, -0.1) is 22.9 Å². The van der Waals surface area contributed by atoms with Gasteiger partial charge in [-0.25, -0.2) is 0 Å². The molecule has 0 aliphatic carbocycles. The molecule has 4 heteroatoms. The fourth-order valence-electron chi connectivity index (χ4n) is 1.69. The highest BCUT2D eigenvalue weighted by Gasteiger charge is 2.23. The number of alkyl halides is 1. The lowest BCUT2D eigenvalue weighted by atomic mass is 10.1. The van der Waals surface area contributed by atoms with Gasteiger partial charge < -0.3 is 4.90 Å². The number of thiophene rings is 1. The van der Waals surface area contributed by atoms with Crippen LogP contribution in [0.15, 0.2) is 11.4 Å². The van der Waals surface area contributed by atoms with Crippen LogP contribution in [0.2, 0.25) is 0 Å². The zero-order valence-electron chi connectivity index (χ0n) is 8.00. The van der Waals surface area contributed by atoms with Crippen molar-refractivity contribution in [3.63, 3.8) is 0 Å². The van der Waals surface area contributed by atoms with Crippen molar-refractivity contribution in [2.45, 2.75) is 25.3 Å². The number of hydrogen-bond acceptors (Lipinski definition) is 2. The standard InChI is InChI=1S/C10H12ClNOS/c1-7(11)10(13)12-4-2-9-8(6-12)3-5-14-9/h3,5,7H,2,4,6H2,1H3. The Bertz CT molecular complexity index is 348. The van der Waals surface area contributed by atoms with E-state index in [0.29, 0.717) is 0 Å². The maximum Gasteiger partial charge on any atom is 0.240 e. The normalized spacial score (nSPS) is 17.7. The largest absolute Gasteiger partial charge is 0.337 e. The maximum absolute atomic E-state index is 11.6. The molecule has 0 spiro atoms. The van der Waals surface area contributed by atoms with Crippen molar-refractivity contribution < 1.29 is 4.79 Å². The van der Waals surface area contributed by atoms with Crippen LogP contribution in [-0.4, -0.2) is 22.7 Å². The molecule has 1 aliphatic heterocycles. The maximum atomic E-state index is 11.6. The van der Waals surface area contributed by atoms with Gasteiger partial charge in [0.05, 0.1) is 0 Å². The molecule has 0 aromatic carbocycles. The number of fused-ring (bicyclic) bond motifs is 1. The summed E-state index contributed by atoms with van der Waals surface area (Å²) in [4.78, 5) is 14.9. The van der Waals surface area contributed by atoms with Crippen molar-refractivity contribution in [2.75, 3.05) is 6.54 Å². The van der Waals surface area contributed by atoms with E-state index in [-0.39, 0.29) is 5.91 Å². The van der Waals surface area contributed by atoms with Crippen LogP contribution in [0.3, 0.4) is 0 Å². The molecule has 1 unspecified atom stereocenters. The third kappa shape index (κ3) is 1.79. The number of halogens is 1. The van der Waals surface area contributed by atoms with Crippen molar-refractivity contribution in [3.05, 3.63) is 21.9 Å². The van der Waals surface area contributed by atoms with Crippen LogP contribution in [0.25, 0.3) is 0 Å². The van der Waals surface area contributed by atoms with E-state index in [1.807, 2.05) is 4.90 Å². The second-order valence-corrected chi connectivity index (χ2v) is 5.15. The fourth-order valence-corrected chi connectivity index (χ4v) is 2.72. The van der Waals surface area contributed by atoms with Gasteiger partial charge in [0.1, 0.15) is 5.38 Å². The predicted molar refractivity (Wildman–Crippen MR) is 58.8 cm³/mol. The monoisotopic (exact) mass is 229 g/mol. The van der Waals surface area contributed by atoms with Gasteiger partial charge in [0, 0.05) is 18.0 Å². The number of nitrogens with zero attached hydrogens (tertiary/aromatic N) is 1. The highest BCUT2D eigenvalue weighted by molar-refractivity contribution is 7.10. The molecule has 0 bridgehead atoms. The van der Waals surface area contributed by atoms with Gasteiger partial charge in [0.25, 0.3) is 0 Å². The van der Waals surface area contributed by atoms with Crippen LogP contribution < -0.4 is 0 Å². The highest BCUT2D eigenvalue weighted by atomic mass is 35.5. The molecule has 2 heterocycles. The Morgan fingerprint density at radius 3 is 3.21 bits per heavy atom. The molecule has 0 radical (unpaired) electrons. The van der Waals surface area contributed by atoms with Crippen LogP contribution in [0.4, 0.5) is 0 Å². The lowest BCUT2D eigenvalue weighted by molar-refractivity contribution is -0.131. The van der Waals surface area contributed by atoms with E-state index in [9.17, 15) is 4.79 Å². The molecule has 2 nitrogen and oxygen atoms in total. The molecule has 2 rings (SSSR count). The Balaban J connectivity index is 2.11. The molecule has 1 aliphatic rings. The molecule has 76 valence electrons. The van der Waals surface area contributed by atoms with Gasteiger partial charge in [-0.05, 0) is 30.4 Å². The summed E-state index contributed by atoms with van der Waals surface area (Å²) < 4.78 is 0. The Labute approximate surface area is 92.5 Å². The first-order valence-electron chi connectivity index (χ1n) is 4.66. The fraction of sp³-hybridized carbons (Fsp3) is 0.500. The average molecular weight is 230 g/mol. The number of carbonyl (C=O) groups is 1. The molecule has 14 heavy (non-hydrogen) atoms. The van der Waals surface area contributed by atoms with E-state index in [2.05, 4.69) is 11.4 Å². The first-order chi connectivity index (χ1) is 6.68. The third-order valence-corrected chi connectivity index (χ3v) is 3.67. The van der Waals surface area contributed by atoms with Gasteiger partial charge in [0.15, 0.2) is 0 Å². The Hall–Kier alpha value is -0.540. The Morgan fingerprint density at radius 2 is 2.50 bits per heavy atom. The minimum atomic E-state index is -0.407. The number of amides is 1. The van der Waals surface area contributed by atoms with Crippen LogP contribution in [0.5, 0.6) is 0 Å². The first kappa shape index (κ1) is 9.99. The molecule has 1 amide bonds. The van der Waals surface area contributed by atoms with Crippen molar-refractivity contribution >= 4 is 28.8 Å². The van der Waals surface area contributed by atoms with Gasteiger partial charge in [-0.1, -0.05) is 0 Å². The molecule has 0 saturated heterocycles. The van der Waals surface area contributed by atoms with Crippen molar-refractivity contribution in [1.82, 2.24) is 4.90 Å². The molecular weight excluding hydrogens is 218 g/mol. The highest BCUT2D eigenvalue weighted by Crippen LogP contribution is 2.24. The summed E-state index contributed by atoms with van der Waals surface area (Å²) >= 11 is 7.55. The molecule has 0 fully saturated rings. The van der Waals surface area contributed by atoms with Gasteiger partial charge in [-0.3, -0.25) is 4.79 Å². The summed E-state index contributed by atoms with van der Waals surface area (Å²) in [5.41, 5.74) is 1.28. The van der Waals surface area contributed by atoms with E-state index < -0.39 is 5.38 Å². The van der Waals surface area contributed by atoms with Crippen LogP contribution in [0.1, 0.15) is 17.4 Å². The lowest BCUT2D eigenvalue weighted by Gasteiger charge is -2.27. The van der Waals surface area contributed by atoms with E-state index in [0.717, 1.165) is 19.5 Å². The molecule has 0 N–H and O–H groups in total. The SMILES string of the molecule is CC(Cl)C(=O)N1CCc2sccc2C1. The van der Waals surface area contributed by atoms with Gasteiger partial charge in [-0.2, -0.15) is 0 Å². The summed E-state index contributed by atoms with van der Waals surface area (Å²) in [7, 11) is 0. The Morgan fingerprint density at radius 1 is 1.71 bits per heavy atom. The quantitative estimate of drug-likeness (QED) is 0.677. The van der Waals surface area contributed by atoms with E-state index in [1.165, 1.54) is 10.4 Å². The second kappa shape index (κ2) is 3.91. The summed E-state index contributed by atoms with van der Waals surface area (Å²) in [6.45, 7) is 3.27. The molecule has 1 aromatic rings. The summed E-state index contributed by atoms with van der Waals surface area (Å²) in [5.74, 6) is 0.0449. The van der Waals surface area contributed by atoms with E-state index >= 15 is 0 Å². The zero-order chi connectivity index (χ0) is 10.1. The third-order valence-electron chi connectivity index (χ3n) is 2.46.